The molecule has 0 amide bonds. The molecule has 0 bridgehead atoms. The zero-order chi connectivity index (χ0) is 5.56. The van der Waals surface area contributed by atoms with E-state index in [0.717, 1.165) is 6.61 Å². The first-order valence-electron chi connectivity index (χ1n) is 2.79. The highest BCUT2D eigenvalue weighted by molar-refractivity contribution is 4.73. The summed E-state index contributed by atoms with van der Waals surface area (Å²) in [5, 5.41) is 0. The minimum absolute atomic E-state index is 0.0301. The van der Waals surface area contributed by atoms with Gasteiger partial charge in [0.15, 0.2) is 12.6 Å². The van der Waals surface area contributed by atoms with E-state index in [9.17, 15) is 0 Å². The molecule has 3 atom stereocenters. The Kier molecular flexibility index (Phi) is 0.848. The van der Waals surface area contributed by atoms with Crippen molar-refractivity contribution in [2.24, 2.45) is 0 Å². The first-order chi connectivity index (χ1) is 3.86. The summed E-state index contributed by atoms with van der Waals surface area (Å²) in [4.78, 5) is 0. The molecule has 2 rings (SSSR count). The first kappa shape index (κ1) is 4.73. The van der Waals surface area contributed by atoms with Crippen LogP contribution in [0.25, 0.3) is 0 Å². The van der Waals surface area contributed by atoms with Gasteiger partial charge in [0.25, 0.3) is 0 Å². The van der Waals surface area contributed by atoms with Gasteiger partial charge in [0.2, 0.25) is 0 Å². The third-order valence-corrected chi connectivity index (χ3v) is 1.24. The minimum Gasteiger partial charge on any atom is -0.345 e. The summed E-state index contributed by atoms with van der Waals surface area (Å²) in [5.74, 6) is 0. The zero-order valence-electron chi connectivity index (χ0n) is 4.66. The topological polar surface area (TPSA) is 34.3 Å². The van der Waals surface area contributed by atoms with Gasteiger partial charge in [-0.15, -0.1) is 0 Å². The van der Waals surface area contributed by atoms with Gasteiger partial charge in [0, 0.05) is 0 Å². The second-order valence-corrected chi connectivity index (χ2v) is 2.11. The normalized spacial score (nSPS) is 51.4. The zero-order valence-corrected chi connectivity index (χ0v) is 4.66. The van der Waals surface area contributed by atoms with E-state index in [1.54, 1.807) is 0 Å². The lowest BCUT2D eigenvalue weighted by atomic mass is 10.5. The fourth-order valence-corrected chi connectivity index (χ4v) is 0.576. The summed E-state index contributed by atoms with van der Waals surface area (Å²) in [5.41, 5.74) is 0. The van der Waals surface area contributed by atoms with Crippen molar-refractivity contribution in [2.75, 3.05) is 6.61 Å². The maximum atomic E-state index is 5.14. The molecule has 2 aliphatic heterocycles. The van der Waals surface area contributed by atoms with Crippen LogP contribution in [0.5, 0.6) is 0 Å². The summed E-state index contributed by atoms with van der Waals surface area (Å²) >= 11 is 0. The van der Waals surface area contributed by atoms with Crippen molar-refractivity contribution in [2.45, 2.75) is 25.6 Å². The smallest absolute Gasteiger partial charge is 0.187 e. The quantitative estimate of drug-likeness (QED) is 0.480. The molecule has 0 spiro atoms. The average Bonchev–Trinajstić information content (AvgIpc) is 2.52. The van der Waals surface area contributed by atoms with Crippen molar-refractivity contribution in [3.63, 3.8) is 0 Å². The molecule has 8 heavy (non-hydrogen) atoms. The molecule has 46 valence electrons. The molecule has 0 radical (unpaired) electrons. The molecule has 0 aromatic rings. The Hall–Kier alpha value is -0.120. The van der Waals surface area contributed by atoms with E-state index in [2.05, 4.69) is 0 Å². The molecule has 2 heterocycles. The van der Waals surface area contributed by atoms with Gasteiger partial charge in [-0.2, -0.15) is 0 Å². The van der Waals surface area contributed by atoms with Crippen LogP contribution in [0, 0.1) is 0 Å². The van der Waals surface area contributed by atoms with E-state index in [1.807, 2.05) is 6.92 Å². The lowest BCUT2D eigenvalue weighted by molar-refractivity contribution is -0.0100. The van der Waals surface area contributed by atoms with Crippen molar-refractivity contribution in [1.29, 1.82) is 0 Å². The molecular formula is C5H8O3. The van der Waals surface area contributed by atoms with E-state index < -0.39 is 0 Å². The fourth-order valence-electron chi connectivity index (χ4n) is 0.576. The summed E-state index contributed by atoms with van der Waals surface area (Å²) in [6.07, 6.45) is 0.367. The fraction of sp³-hybridized carbons (Fsp3) is 1.00. The van der Waals surface area contributed by atoms with Crippen molar-refractivity contribution in [1.82, 2.24) is 0 Å². The molecular weight excluding hydrogens is 108 g/mol. The van der Waals surface area contributed by atoms with Gasteiger partial charge in [-0.3, -0.25) is 0 Å². The SMILES string of the molecule is CC1OC1OC1CO1. The number of ether oxygens (including phenoxy) is 3. The molecule has 3 nitrogen and oxygen atoms in total. The Bertz CT molecular complexity index is 99.8. The highest BCUT2D eigenvalue weighted by Gasteiger charge is 2.41. The number of rotatable bonds is 2. The van der Waals surface area contributed by atoms with Crippen molar-refractivity contribution >= 4 is 0 Å². The predicted octanol–water partition coefficient (Wildman–Crippen LogP) is 0.104. The number of epoxide rings is 2. The number of hydrogen-bond donors (Lipinski definition) is 0. The molecule has 0 N–H and O–H groups in total. The lowest BCUT2D eigenvalue weighted by Crippen LogP contribution is -2.00. The van der Waals surface area contributed by atoms with Crippen LogP contribution in [0.3, 0.4) is 0 Å². The van der Waals surface area contributed by atoms with Crippen LogP contribution in [0.15, 0.2) is 0 Å². The Labute approximate surface area is 47.5 Å². The number of hydrogen-bond acceptors (Lipinski definition) is 3. The van der Waals surface area contributed by atoms with Crippen LogP contribution < -0.4 is 0 Å². The molecule has 2 aliphatic rings. The average molecular weight is 116 g/mol. The van der Waals surface area contributed by atoms with E-state index in [4.69, 9.17) is 14.2 Å². The maximum absolute atomic E-state index is 5.14. The minimum atomic E-state index is 0.0301. The Morgan fingerprint density at radius 3 is 2.62 bits per heavy atom. The van der Waals surface area contributed by atoms with E-state index in [-0.39, 0.29) is 12.6 Å². The van der Waals surface area contributed by atoms with E-state index in [1.165, 1.54) is 0 Å². The summed E-state index contributed by atoms with van der Waals surface area (Å²) in [6.45, 7) is 2.72. The van der Waals surface area contributed by atoms with Gasteiger partial charge in [0.1, 0.15) is 12.7 Å². The summed E-state index contributed by atoms with van der Waals surface area (Å²) in [7, 11) is 0. The third kappa shape index (κ3) is 0.844. The first-order valence-corrected chi connectivity index (χ1v) is 2.79. The van der Waals surface area contributed by atoms with Crippen LogP contribution >= 0.6 is 0 Å². The second-order valence-electron chi connectivity index (χ2n) is 2.11. The van der Waals surface area contributed by atoms with E-state index >= 15 is 0 Å². The molecule has 3 heteroatoms. The largest absolute Gasteiger partial charge is 0.345 e. The molecule has 0 aromatic carbocycles. The van der Waals surface area contributed by atoms with Gasteiger partial charge < -0.3 is 14.2 Å². The Morgan fingerprint density at radius 1 is 1.62 bits per heavy atom. The third-order valence-electron chi connectivity index (χ3n) is 1.24. The van der Waals surface area contributed by atoms with Crippen molar-refractivity contribution < 1.29 is 14.2 Å². The van der Waals surface area contributed by atoms with Crippen molar-refractivity contribution in [3.8, 4) is 0 Å². The molecule has 0 saturated carbocycles. The van der Waals surface area contributed by atoms with Gasteiger partial charge in [-0.05, 0) is 6.92 Å². The van der Waals surface area contributed by atoms with Gasteiger partial charge in [-0.25, -0.2) is 0 Å². The second kappa shape index (κ2) is 1.43. The lowest BCUT2D eigenvalue weighted by Gasteiger charge is -1.87. The van der Waals surface area contributed by atoms with Crippen LogP contribution in [-0.4, -0.2) is 25.3 Å². The van der Waals surface area contributed by atoms with Gasteiger partial charge >= 0.3 is 0 Å². The summed E-state index contributed by atoms with van der Waals surface area (Å²) < 4.78 is 14.9. The standard InChI is InChI=1S/C5H8O3/c1-3-5(7-3)8-4-2-6-4/h3-5H,2H2,1H3. The molecule has 3 unspecified atom stereocenters. The summed E-state index contributed by atoms with van der Waals surface area (Å²) in [6, 6.07) is 0. The predicted molar refractivity (Wildman–Crippen MR) is 25.2 cm³/mol. The highest BCUT2D eigenvalue weighted by Crippen LogP contribution is 2.27. The maximum Gasteiger partial charge on any atom is 0.187 e. The molecule has 2 saturated heterocycles. The highest BCUT2D eigenvalue weighted by atomic mass is 16.9. The molecule has 0 aromatic heterocycles. The van der Waals surface area contributed by atoms with Gasteiger partial charge in [-0.1, -0.05) is 0 Å². The Balaban J connectivity index is 1.69. The van der Waals surface area contributed by atoms with Crippen LogP contribution in [-0.2, 0) is 14.2 Å². The van der Waals surface area contributed by atoms with Gasteiger partial charge in [0.05, 0.1) is 0 Å². The van der Waals surface area contributed by atoms with Crippen LogP contribution in [0.2, 0.25) is 0 Å². The molecule has 0 aliphatic carbocycles. The van der Waals surface area contributed by atoms with E-state index in [0.29, 0.717) is 6.10 Å². The van der Waals surface area contributed by atoms with Crippen LogP contribution in [0.1, 0.15) is 6.92 Å². The monoisotopic (exact) mass is 116 g/mol. The molecule has 2 fully saturated rings. The Morgan fingerprint density at radius 2 is 2.25 bits per heavy atom. The van der Waals surface area contributed by atoms with Crippen LogP contribution in [0.4, 0.5) is 0 Å². The van der Waals surface area contributed by atoms with Crippen molar-refractivity contribution in [3.05, 3.63) is 0 Å².